The van der Waals surface area contributed by atoms with Crippen LogP contribution >= 0.6 is 0 Å². The van der Waals surface area contributed by atoms with Gasteiger partial charge in [0.2, 0.25) is 5.65 Å². The lowest BCUT2D eigenvalue weighted by Gasteiger charge is -1.90. The molecule has 0 aliphatic carbocycles. The molecule has 5 nitrogen and oxygen atoms in total. The first-order chi connectivity index (χ1) is 9.42. The van der Waals surface area contributed by atoms with Gasteiger partial charge in [0, 0.05) is 17.8 Å². The summed E-state index contributed by atoms with van der Waals surface area (Å²) in [6.07, 6.45) is 3.51. The largest absolute Gasteiger partial charge is 0.395 e. The first-order valence-corrected chi connectivity index (χ1v) is 6.14. The summed E-state index contributed by atoms with van der Waals surface area (Å²) >= 11 is 0. The Balaban J connectivity index is 1.94. The lowest BCUT2D eigenvalue weighted by molar-refractivity contribution is -0.651. The zero-order valence-electron chi connectivity index (χ0n) is 9.95. The first-order valence-electron chi connectivity index (χ1n) is 6.14. The standard InChI is InChI=1S/C14H9N4O/c1-2-4-10-9(3-1)7-17-13-12(19-14(10)17)16-11-5-6-15-8-18(11)13/h1-6,8H,7H2/q+1. The van der Waals surface area contributed by atoms with E-state index in [1.807, 2.05) is 16.5 Å². The van der Waals surface area contributed by atoms with Crippen LogP contribution in [-0.4, -0.2) is 14.4 Å². The maximum atomic E-state index is 5.93. The van der Waals surface area contributed by atoms with Crippen LogP contribution in [0.15, 0.2) is 47.3 Å². The Morgan fingerprint density at radius 3 is 3.16 bits per heavy atom. The Hall–Kier alpha value is -2.69. The van der Waals surface area contributed by atoms with Crippen LogP contribution in [0.2, 0.25) is 0 Å². The van der Waals surface area contributed by atoms with Crippen LogP contribution in [0, 0.1) is 0 Å². The molecular formula is C14H9N4O+. The van der Waals surface area contributed by atoms with Crippen molar-refractivity contribution in [3.05, 3.63) is 48.4 Å². The van der Waals surface area contributed by atoms with Gasteiger partial charge in [-0.25, -0.2) is 4.98 Å². The van der Waals surface area contributed by atoms with Gasteiger partial charge in [-0.2, -0.15) is 14.0 Å². The predicted molar refractivity (Wildman–Crippen MR) is 67.5 cm³/mol. The molecule has 0 amide bonds. The fourth-order valence-electron chi connectivity index (χ4n) is 2.81. The van der Waals surface area contributed by atoms with Crippen LogP contribution in [0.25, 0.3) is 28.5 Å². The predicted octanol–water partition coefficient (Wildman–Crippen LogP) is 1.79. The number of oxazole rings is 1. The summed E-state index contributed by atoms with van der Waals surface area (Å²) in [4.78, 5) is 8.64. The van der Waals surface area contributed by atoms with Crippen molar-refractivity contribution in [2.24, 2.45) is 0 Å². The van der Waals surface area contributed by atoms with Gasteiger partial charge in [-0.15, -0.1) is 0 Å². The number of hydrogen-bond donors (Lipinski definition) is 0. The van der Waals surface area contributed by atoms with Crippen LogP contribution in [0.3, 0.4) is 0 Å². The first kappa shape index (κ1) is 9.27. The summed E-state index contributed by atoms with van der Waals surface area (Å²) in [5.74, 6) is 0.881. The molecule has 1 aliphatic rings. The topological polar surface area (TPSA) is 47.2 Å². The monoisotopic (exact) mass is 249 g/mol. The summed E-state index contributed by atoms with van der Waals surface area (Å²) < 4.78 is 10.0. The maximum Gasteiger partial charge on any atom is 0.356 e. The number of benzene rings is 1. The highest BCUT2D eigenvalue weighted by molar-refractivity contribution is 5.72. The van der Waals surface area contributed by atoms with Crippen molar-refractivity contribution in [2.45, 2.75) is 6.54 Å². The molecule has 90 valence electrons. The SMILES string of the molecule is c1ccc2c(c1)C[n+]1c-2oc2nc3ccncn3c21. The number of aromatic nitrogens is 4. The van der Waals surface area contributed by atoms with Gasteiger partial charge in [-0.1, -0.05) is 18.2 Å². The van der Waals surface area contributed by atoms with Crippen molar-refractivity contribution in [2.75, 3.05) is 0 Å². The van der Waals surface area contributed by atoms with Crippen LogP contribution in [0.4, 0.5) is 0 Å². The molecule has 4 aromatic rings. The van der Waals surface area contributed by atoms with Gasteiger partial charge in [-0.3, -0.25) is 0 Å². The van der Waals surface area contributed by atoms with E-state index in [0.29, 0.717) is 5.71 Å². The number of hydrogen-bond acceptors (Lipinski definition) is 3. The van der Waals surface area contributed by atoms with Crippen LogP contribution in [0.5, 0.6) is 0 Å². The number of nitrogens with zero attached hydrogens (tertiary/aromatic N) is 4. The van der Waals surface area contributed by atoms with Gasteiger partial charge >= 0.3 is 11.4 Å². The normalized spacial score (nSPS) is 13.1. The average molecular weight is 249 g/mol. The molecule has 3 aromatic heterocycles. The molecule has 19 heavy (non-hydrogen) atoms. The van der Waals surface area contributed by atoms with Gasteiger partial charge in [0.25, 0.3) is 5.89 Å². The van der Waals surface area contributed by atoms with E-state index in [2.05, 4.69) is 32.7 Å². The average Bonchev–Trinajstić information content (AvgIpc) is 3.05. The van der Waals surface area contributed by atoms with Gasteiger partial charge < -0.3 is 4.42 Å². The van der Waals surface area contributed by atoms with E-state index in [-0.39, 0.29) is 0 Å². The fourth-order valence-corrected chi connectivity index (χ4v) is 2.81. The third kappa shape index (κ3) is 1.03. The molecule has 5 heteroatoms. The Morgan fingerprint density at radius 2 is 2.16 bits per heavy atom. The molecule has 4 heterocycles. The van der Waals surface area contributed by atoms with E-state index < -0.39 is 0 Å². The molecule has 0 saturated carbocycles. The highest BCUT2D eigenvalue weighted by Gasteiger charge is 2.33. The quantitative estimate of drug-likeness (QED) is 0.393. The molecule has 0 unspecified atom stereocenters. The van der Waals surface area contributed by atoms with Gasteiger partial charge in [-0.05, 0) is 6.07 Å². The minimum absolute atomic E-state index is 0.664. The van der Waals surface area contributed by atoms with Crippen molar-refractivity contribution in [3.8, 4) is 11.5 Å². The Labute approximate surface area is 107 Å². The molecule has 0 fully saturated rings. The number of fused-ring (bicyclic) bond motifs is 7. The van der Waals surface area contributed by atoms with E-state index in [1.165, 1.54) is 5.56 Å². The molecule has 0 saturated heterocycles. The molecule has 1 aromatic carbocycles. The van der Waals surface area contributed by atoms with E-state index in [0.717, 1.165) is 29.3 Å². The molecule has 0 radical (unpaired) electrons. The van der Waals surface area contributed by atoms with Crippen LogP contribution in [0.1, 0.15) is 5.56 Å². The second-order valence-electron chi connectivity index (χ2n) is 4.70. The minimum Gasteiger partial charge on any atom is -0.395 e. The third-order valence-corrected chi connectivity index (χ3v) is 3.64. The molecule has 0 atom stereocenters. The fraction of sp³-hybridized carbons (Fsp3) is 0.0714. The number of imidazole rings is 1. The number of rotatable bonds is 0. The van der Waals surface area contributed by atoms with Gasteiger partial charge in [0.15, 0.2) is 6.33 Å². The Bertz CT molecular complexity index is 951. The maximum absolute atomic E-state index is 5.93. The third-order valence-electron chi connectivity index (χ3n) is 3.64. The summed E-state index contributed by atoms with van der Waals surface area (Å²) in [5.41, 5.74) is 4.92. The molecule has 1 aliphatic heterocycles. The van der Waals surface area contributed by atoms with E-state index in [4.69, 9.17) is 4.42 Å². The lowest BCUT2D eigenvalue weighted by Crippen LogP contribution is -2.31. The molecular weight excluding hydrogens is 240 g/mol. The lowest BCUT2D eigenvalue weighted by atomic mass is 10.1. The van der Waals surface area contributed by atoms with Crippen molar-refractivity contribution in [3.63, 3.8) is 0 Å². The van der Waals surface area contributed by atoms with Crippen molar-refractivity contribution in [1.29, 1.82) is 0 Å². The van der Waals surface area contributed by atoms with Crippen LogP contribution in [-0.2, 0) is 6.54 Å². The highest BCUT2D eigenvalue weighted by Crippen LogP contribution is 2.30. The van der Waals surface area contributed by atoms with Crippen molar-refractivity contribution < 1.29 is 8.98 Å². The zero-order chi connectivity index (χ0) is 12.4. The highest BCUT2D eigenvalue weighted by atomic mass is 16.4. The summed E-state index contributed by atoms with van der Waals surface area (Å²) in [6.45, 7) is 0.821. The smallest absolute Gasteiger partial charge is 0.356 e. The summed E-state index contributed by atoms with van der Waals surface area (Å²) in [5, 5.41) is 0. The Kier molecular flexibility index (Phi) is 1.46. The minimum atomic E-state index is 0.664. The van der Waals surface area contributed by atoms with E-state index in [1.54, 1.807) is 12.5 Å². The second-order valence-corrected chi connectivity index (χ2v) is 4.70. The second kappa shape index (κ2) is 3.00. The van der Waals surface area contributed by atoms with E-state index >= 15 is 0 Å². The molecule has 0 N–H and O–H groups in total. The van der Waals surface area contributed by atoms with E-state index in [9.17, 15) is 0 Å². The van der Waals surface area contributed by atoms with Crippen molar-refractivity contribution in [1.82, 2.24) is 14.4 Å². The summed E-state index contributed by atoms with van der Waals surface area (Å²) in [7, 11) is 0. The molecule has 0 spiro atoms. The van der Waals surface area contributed by atoms with Crippen molar-refractivity contribution >= 4 is 17.0 Å². The Morgan fingerprint density at radius 1 is 1.21 bits per heavy atom. The molecule has 5 rings (SSSR count). The summed E-state index contributed by atoms with van der Waals surface area (Å²) in [6, 6.07) is 10.2. The van der Waals surface area contributed by atoms with Gasteiger partial charge in [0.05, 0.1) is 5.56 Å². The van der Waals surface area contributed by atoms with Gasteiger partial charge in [0.1, 0.15) is 6.54 Å². The van der Waals surface area contributed by atoms with Crippen LogP contribution < -0.4 is 4.57 Å². The molecule has 0 bridgehead atoms. The zero-order valence-corrected chi connectivity index (χ0v) is 9.95.